The maximum atomic E-state index is 11.8. The van der Waals surface area contributed by atoms with Crippen molar-refractivity contribution in [3.63, 3.8) is 0 Å². The summed E-state index contributed by atoms with van der Waals surface area (Å²) in [5.74, 6) is -0.515. The first-order chi connectivity index (χ1) is 9.81. The number of esters is 1. The summed E-state index contributed by atoms with van der Waals surface area (Å²) in [4.78, 5) is 29.8. The molecule has 0 aromatic rings. The van der Waals surface area contributed by atoms with E-state index in [2.05, 4.69) is 11.7 Å². The number of hydrogen-bond acceptors (Lipinski definition) is 6. The molecule has 0 radical (unpaired) electrons. The number of ether oxygens (including phenoxy) is 1. The number of Topliss-reactive ketones (excluding diaryl/α,β-unsaturated/α-hetero) is 1. The van der Waals surface area contributed by atoms with E-state index in [0.717, 1.165) is 0 Å². The third-order valence-electron chi connectivity index (χ3n) is 2.97. The Kier molecular flexibility index (Phi) is 9.28. The molecule has 0 aliphatic heterocycles. The molecular formula is C15H26N2O4. The van der Waals surface area contributed by atoms with Gasteiger partial charge in [0, 0.05) is 19.1 Å². The van der Waals surface area contributed by atoms with Crippen molar-refractivity contribution in [1.82, 2.24) is 4.90 Å². The summed E-state index contributed by atoms with van der Waals surface area (Å²) in [5, 5.41) is 3.78. The van der Waals surface area contributed by atoms with Crippen LogP contribution in [0.5, 0.6) is 0 Å². The van der Waals surface area contributed by atoms with Crippen molar-refractivity contribution < 1.29 is 19.2 Å². The van der Waals surface area contributed by atoms with Crippen molar-refractivity contribution in [1.29, 1.82) is 0 Å². The van der Waals surface area contributed by atoms with Crippen molar-refractivity contribution >= 4 is 18.0 Å². The SMILES string of the molecule is C=CCO/N=C/C[C@@H](C)C(OC(C)=O)[C@@H](C(C)=O)N(C)C. The quantitative estimate of drug-likeness (QED) is 0.202. The van der Waals surface area contributed by atoms with Gasteiger partial charge in [0.15, 0.2) is 5.78 Å². The summed E-state index contributed by atoms with van der Waals surface area (Å²) in [7, 11) is 3.58. The molecule has 3 atom stereocenters. The monoisotopic (exact) mass is 298 g/mol. The van der Waals surface area contributed by atoms with E-state index < -0.39 is 18.1 Å². The van der Waals surface area contributed by atoms with E-state index in [-0.39, 0.29) is 11.7 Å². The molecule has 0 heterocycles. The molecule has 0 aliphatic carbocycles. The van der Waals surface area contributed by atoms with Crippen LogP contribution in [0.1, 0.15) is 27.2 Å². The summed E-state index contributed by atoms with van der Waals surface area (Å²) >= 11 is 0. The highest BCUT2D eigenvalue weighted by atomic mass is 16.6. The highest BCUT2D eigenvalue weighted by molar-refractivity contribution is 5.82. The van der Waals surface area contributed by atoms with Gasteiger partial charge in [-0.2, -0.15) is 0 Å². The Bertz CT molecular complexity index is 380. The Balaban J connectivity index is 4.86. The molecule has 21 heavy (non-hydrogen) atoms. The molecule has 0 fully saturated rings. The van der Waals surface area contributed by atoms with E-state index in [1.54, 1.807) is 31.3 Å². The number of rotatable bonds is 10. The average molecular weight is 298 g/mol. The third kappa shape index (κ3) is 7.60. The molecule has 120 valence electrons. The minimum atomic E-state index is -0.527. The second kappa shape index (κ2) is 10.1. The van der Waals surface area contributed by atoms with Crippen LogP contribution < -0.4 is 0 Å². The number of ketones is 1. The largest absolute Gasteiger partial charge is 0.460 e. The van der Waals surface area contributed by atoms with Gasteiger partial charge in [-0.15, -0.1) is 0 Å². The zero-order chi connectivity index (χ0) is 16.4. The molecule has 0 spiro atoms. The number of nitrogens with zero attached hydrogens (tertiary/aromatic N) is 2. The van der Waals surface area contributed by atoms with Crippen LogP contribution >= 0.6 is 0 Å². The Morgan fingerprint density at radius 3 is 2.38 bits per heavy atom. The Morgan fingerprint density at radius 1 is 1.33 bits per heavy atom. The standard InChI is InChI=1S/C15H26N2O4/c1-7-10-20-16-9-8-11(2)15(21-13(4)19)14(12(3)18)17(5)6/h7,9,11,14-15H,1,8,10H2,2-6H3/b16-9+/t11-,14-,15?/m1/s1. The molecule has 0 bridgehead atoms. The number of oxime groups is 1. The molecule has 0 amide bonds. The molecule has 0 saturated carbocycles. The molecule has 1 unspecified atom stereocenters. The van der Waals surface area contributed by atoms with Crippen molar-refractivity contribution in [2.45, 2.75) is 39.3 Å². The lowest BCUT2D eigenvalue weighted by Crippen LogP contribution is -2.49. The maximum absolute atomic E-state index is 11.8. The molecule has 0 aromatic heterocycles. The minimum absolute atomic E-state index is 0.0436. The smallest absolute Gasteiger partial charge is 0.302 e. The van der Waals surface area contributed by atoms with Crippen molar-refractivity contribution in [3.05, 3.63) is 12.7 Å². The first-order valence-corrected chi connectivity index (χ1v) is 6.90. The van der Waals surface area contributed by atoms with Crippen LogP contribution in [0.3, 0.4) is 0 Å². The molecule has 6 heteroatoms. The van der Waals surface area contributed by atoms with Crippen LogP contribution in [-0.4, -0.2) is 55.7 Å². The first kappa shape index (κ1) is 19.3. The Labute approximate surface area is 126 Å². The molecule has 0 aromatic carbocycles. The summed E-state index contributed by atoms with van der Waals surface area (Å²) in [6.07, 6.45) is 3.21. The molecule has 6 nitrogen and oxygen atoms in total. The number of carbonyl (C=O) groups is 2. The normalized spacial score (nSPS) is 15.5. The van der Waals surface area contributed by atoms with Gasteiger partial charge >= 0.3 is 5.97 Å². The van der Waals surface area contributed by atoms with Gasteiger partial charge in [0.2, 0.25) is 0 Å². The van der Waals surface area contributed by atoms with Crippen LogP contribution in [0.4, 0.5) is 0 Å². The van der Waals surface area contributed by atoms with Gasteiger partial charge in [-0.1, -0.05) is 24.7 Å². The van der Waals surface area contributed by atoms with E-state index >= 15 is 0 Å². The van der Waals surface area contributed by atoms with Crippen LogP contribution in [0.15, 0.2) is 17.8 Å². The minimum Gasteiger partial charge on any atom is -0.460 e. The van der Waals surface area contributed by atoms with Gasteiger partial charge in [-0.25, -0.2) is 0 Å². The van der Waals surface area contributed by atoms with Crippen LogP contribution in [0, 0.1) is 5.92 Å². The van der Waals surface area contributed by atoms with Crippen molar-refractivity contribution in [2.24, 2.45) is 11.1 Å². The van der Waals surface area contributed by atoms with Gasteiger partial charge in [-0.05, 0) is 27.4 Å². The zero-order valence-electron chi connectivity index (χ0n) is 13.5. The van der Waals surface area contributed by atoms with Crippen molar-refractivity contribution in [2.75, 3.05) is 20.7 Å². The van der Waals surface area contributed by atoms with Gasteiger partial charge in [0.1, 0.15) is 18.8 Å². The predicted molar refractivity (Wildman–Crippen MR) is 82.1 cm³/mol. The molecular weight excluding hydrogens is 272 g/mol. The third-order valence-corrected chi connectivity index (χ3v) is 2.97. The van der Waals surface area contributed by atoms with E-state index in [1.165, 1.54) is 13.8 Å². The second-order valence-electron chi connectivity index (χ2n) is 5.18. The summed E-state index contributed by atoms with van der Waals surface area (Å²) in [6, 6.07) is -0.480. The fourth-order valence-electron chi connectivity index (χ4n) is 2.06. The lowest BCUT2D eigenvalue weighted by atomic mass is 9.92. The van der Waals surface area contributed by atoms with E-state index in [1.807, 2.05) is 6.92 Å². The molecule has 0 N–H and O–H groups in total. The van der Waals surface area contributed by atoms with Gasteiger partial charge in [0.05, 0.1) is 0 Å². The average Bonchev–Trinajstić information content (AvgIpc) is 2.36. The topological polar surface area (TPSA) is 68.2 Å². The molecule has 0 aliphatic rings. The first-order valence-electron chi connectivity index (χ1n) is 6.90. The van der Waals surface area contributed by atoms with Crippen LogP contribution in [0.2, 0.25) is 0 Å². The van der Waals surface area contributed by atoms with Crippen molar-refractivity contribution in [3.8, 4) is 0 Å². The zero-order valence-corrected chi connectivity index (χ0v) is 13.5. The lowest BCUT2D eigenvalue weighted by Gasteiger charge is -2.33. The van der Waals surface area contributed by atoms with Gasteiger partial charge < -0.3 is 9.57 Å². The number of hydrogen-bond donors (Lipinski definition) is 0. The molecule has 0 rings (SSSR count). The van der Waals surface area contributed by atoms with Gasteiger partial charge in [-0.3, -0.25) is 14.5 Å². The summed E-state index contributed by atoms with van der Waals surface area (Å²) in [6.45, 7) is 8.60. The van der Waals surface area contributed by atoms with Gasteiger partial charge in [0.25, 0.3) is 0 Å². The Morgan fingerprint density at radius 2 is 1.95 bits per heavy atom. The summed E-state index contributed by atoms with van der Waals surface area (Å²) < 4.78 is 5.36. The second-order valence-corrected chi connectivity index (χ2v) is 5.18. The summed E-state index contributed by atoms with van der Waals surface area (Å²) in [5.41, 5.74) is 0. The fourth-order valence-corrected chi connectivity index (χ4v) is 2.06. The van der Waals surface area contributed by atoms with E-state index in [9.17, 15) is 9.59 Å². The fraction of sp³-hybridized carbons (Fsp3) is 0.667. The predicted octanol–water partition coefficient (Wildman–Crippen LogP) is 1.65. The van der Waals surface area contributed by atoms with Crippen LogP contribution in [0.25, 0.3) is 0 Å². The van der Waals surface area contributed by atoms with E-state index in [4.69, 9.17) is 9.57 Å². The Hall–Kier alpha value is -1.69. The van der Waals surface area contributed by atoms with E-state index in [0.29, 0.717) is 13.0 Å². The van der Waals surface area contributed by atoms with Crippen LogP contribution in [-0.2, 0) is 19.2 Å². The maximum Gasteiger partial charge on any atom is 0.302 e. The highest BCUT2D eigenvalue weighted by Crippen LogP contribution is 2.19. The molecule has 0 saturated heterocycles. The lowest BCUT2D eigenvalue weighted by molar-refractivity contribution is -0.154. The number of carbonyl (C=O) groups excluding carboxylic acids is 2. The number of likely N-dealkylation sites (N-methyl/N-ethyl adjacent to an activating group) is 1. The highest BCUT2D eigenvalue weighted by Gasteiger charge is 2.34.